The van der Waals surface area contributed by atoms with Gasteiger partial charge in [0.1, 0.15) is 17.8 Å². The first-order valence-corrected chi connectivity index (χ1v) is 7.14. The van der Waals surface area contributed by atoms with Crippen LogP contribution in [0.2, 0.25) is 5.02 Å². The molecule has 0 bridgehead atoms. The number of β-amino-alcohol motifs (C(OH)–C–C–N with tert-alkyl or cyclic N) is 1. The smallest absolute Gasteiger partial charge is 0.274 e. The summed E-state index contributed by atoms with van der Waals surface area (Å²) in [4.78, 5) is 21.7. The van der Waals surface area contributed by atoms with Gasteiger partial charge in [-0.25, -0.2) is 14.4 Å². The SMILES string of the molecule is O=C(c1ncncc1Cl)N1C[C@@H](O)C[C@@H]1c1cccc(F)c1. The lowest BCUT2D eigenvalue weighted by Crippen LogP contribution is -2.32. The lowest BCUT2D eigenvalue weighted by molar-refractivity contribution is 0.0709. The number of aromatic nitrogens is 2. The highest BCUT2D eigenvalue weighted by atomic mass is 35.5. The molecular formula is C15H13ClFN3O2. The molecule has 22 heavy (non-hydrogen) atoms. The molecule has 3 rings (SSSR count). The van der Waals surface area contributed by atoms with Gasteiger partial charge in [-0.05, 0) is 24.1 Å². The molecule has 0 radical (unpaired) electrons. The Morgan fingerprint density at radius 1 is 1.45 bits per heavy atom. The van der Waals surface area contributed by atoms with Gasteiger partial charge in [0.05, 0.1) is 17.2 Å². The molecule has 114 valence electrons. The first-order chi connectivity index (χ1) is 10.6. The van der Waals surface area contributed by atoms with Crippen molar-refractivity contribution in [1.82, 2.24) is 14.9 Å². The molecule has 1 amide bonds. The van der Waals surface area contributed by atoms with Crippen LogP contribution in [0.15, 0.2) is 36.8 Å². The van der Waals surface area contributed by atoms with E-state index in [2.05, 4.69) is 9.97 Å². The van der Waals surface area contributed by atoms with Crippen molar-refractivity contribution < 1.29 is 14.3 Å². The van der Waals surface area contributed by atoms with Gasteiger partial charge in [0.2, 0.25) is 0 Å². The van der Waals surface area contributed by atoms with Gasteiger partial charge in [0, 0.05) is 12.7 Å². The van der Waals surface area contributed by atoms with Crippen LogP contribution in [0.5, 0.6) is 0 Å². The number of aliphatic hydroxyl groups is 1. The largest absolute Gasteiger partial charge is 0.391 e. The van der Waals surface area contributed by atoms with Crippen LogP contribution in [-0.2, 0) is 0 Å². The van der Waals surface area contributed by atoms with Gasteiger partial charge in [-0.1, -0.05) is 23.7 Å². The topological polar surface area (TPSA) is 66.3 Å². The van der Waals surface area contributed by atoms with E-state index >= 15 is 0 Å². The first kappa shape index (κ1) is 14.9. The molecule has 0 saturated carbocycles. The van der Waals surface area contributed by atoms with Crippen molar-refractivity contribution >= 4 is 17.5 Å². The maximum absolute atomic E-state index is 13.4. The van der Waals surface area contributed by atoms with E-state index in [4.69, 9.17) is 11.6 Å². The second kappa shape index (κ2) is 5.98. The van der Waals surface area contributed by atoms with E-state index in [1.165, 1.54) is 29.6 Å². The zero-order valence-electron chi connectivity index (χ0n) is 11.5. The van der Waals surface area contributed by atoms with Gasteiger partial charge in [0.25, 0.3) is 5.91 Å². The van der Waals surface area contributed by atoms with Gasteiger partial charge < -0.3 is 10.0 Å². The maximum Gasteiger partial charge on any atom is 0.274 e. The highest BCUT2D eigenvalue weighted by Gasteiger charge is 2.37. The summed E-state index contributed by atoms with van der Waals surface area (Å²) in [5, 5.41) is 10.1. The molecule has 1 fully saturated rings. The number of rotatable bonds is 2. The molecule has 2 atom stereocenters. The highest BCUT2D eigenvalue weighted by Crippen LogP contribution is 2.34. The van der Waals surface area contributed by atoms with Crippen LogP contribution in [0.4, 0.5) is 4.39 Å². The Labute approximate surface area is 131 Å². The zero-order valence-corrected chi connectivity index (χ0v) is 12.2. The summed E-state index contributed by atoms with van der Waals surface area (Å²) in [6.07, 6.45) is 2.25. The maximum atomic E-state index is 13.4. The molecule has 2 aromatic rings. The number of halogens is 2. The standard InChI is InChI=1S/C15H13ClFN3O2/c16-12-6-18-8-19-14(12)15(22)20-7-11(21)5-13(20)9-2-1-3-10(17)4-9/h1-4,6,8,11,13,21H,5,7H2/t11-,13+/m0/s1. The normalized spacial score (nSPS) is 21.1. The van der Waals surface area contributed by atoms with Gasteiger partial charge in [-0.3, -0.25) is 4.79 Å². The summed E-state index contributed by atoms with van der Waals surface area (Å²) >= 11 is 5.96. The summed E-state index contributed by atoms with van der Waals surface area (Å²) < 4.78 is 13.4. The fourth-order valence-corrected chi connectivity index (χ4v) is 2.86. The molecule has 5 nitrogen and oxygen atoms in total. The van der Waals surface area contributed by atoms with Crippen molar-refractivity contribution in [3.8, 4) is 0 Å². The fraction of sp³-hybridized carbons (Fsp3) is 0.267. The van der Waals surface area contributed by atoms with E-state index in [0.717, 1.165) is 0 Å². The Bertz CT molecular complexity index is 713. The third-order valence-electron chi connectivity index (χ3n) is 3.64. The Balaban J connectivity index is 1.94. The number of nitrogens with zero attached hydrogens (tertiary/aromatic N) is 3. The fourth-order valence-electron chi connectivity index (χ4n) is 2.67. The average molecular weight is 322 g/mol. The van der Waals surface area contributed by atoms with Crippen LogP contribution in [0.1, 0.15) is 28.5 Å². The Morgan fingerprint density at radius 3 is 3.00 bits per heavy atom. The van der Waals surface area contributed by atoms with Crippen molar-refractivity contribution in [3.05, 3.63) is 58.9 Å². The molecule has 0 aliphatic carbocycles. The molecule has 1 aromatic heterocycles. The Hall–Kier alpha value is -2.05. The molecule has 1 aromatic carbocycles. The van der Waals surface area contributed by atoms with Crippen molar-refractivity contribution in [1.29, 1.82) is 0 Å². The number of aliphatic hydroxyl groups excluding tert-OH is 1. The van der Waals surface area contributed by atoms with Crippen LogP contribution in [0.3, 0.4) is 0 Å². The predicted molar refractivity (Wildman–Crippen MR) is 77.8 cm³/mol. The van der Waals surface area contributed by atoms with Crippen molar-refractivity contribution in [2.45, 2.75) is 18.6 Å². The Morgan fingerprint density at radius 2 is 2.27 bits per heavy atom. The number of amides is 1. The van der Waals surface area contributed by atoms with Crippen LogP contribution in [0.25, 0.3) is 0 Å². The first-order valence-electron chi connectivity index (χ1n) is 6.76. The molecule has 2 heterocycles. The number of carbonyl (C=O) groups is 1. The van der Waals surface area contributed by atoms with E-state index in [1.54, 1.807) is 12.1 Å². The summed E-state index contributed by atoms with van der Waals surface area (Å²) in [7, 11) is 0. The van der Waals surface area contributed by atoms with E-state index in [0.29, 0.717) is 12.0 Å². The van der Waals surface area contributed by atoms with Crippen LogP contribution in [0, 0.1) is 5.82 Å². The third-order valence-corrected chi connectivity index (χ3v) is 3.92. The van der Waals surface area contributed by atoms with Crippen LogP contribution < -0.4 is 0 Å². The zero-order chi connectivity index (χ0) is 15.7. The summed E-state index contributed by atoms with van der Waals surface area (Å²) in [5.74, 6) is -0.787. The number of carbonyl (C=O) groups excluding carboxylic acids is 1. The van der Waals surface area contributed by atoms with E-state index < -0.39 is 18.1 Å². The number of hydrogen-bond acceptors (Lipinski definition) is 4. The third kappa shape index (κ3) is 2.80. The van der Waals surface area contributed by atoms with Crippen molar-refractivity contribution in [2.75, 3.05) is 6.54 Å². The lowest BCUT2D eigenvalue weighted by atomic mass is 10.0. The van der Waals surface area contributed by atoms with E-state index in [-0.39, 0.29) is 23.1 Å². The molecule has 1 N–H and O–H groups in total. The monoisotopic (exact) mass is 321 g/mol. The van der Waals surface area contributed by atoms with Crippen LogP contribution in [-0.4, -0.2) is 38.5 Å². The number of hydrogen-bond donors (Lipinski definition) is 1. The predicted octanol–water partition coefficient (Wildman–Crippen LogP) is 2.22. The summed E-state index contributed by atoms with van der Waals surface area (Å²) in [6, 6.07) is 5.60. The minimum atomic E-state index is -0.669. The molecule has 1 saturated heterocycles. The highest BCUT2D eigenvalue weighted by molar-refractivity contribution is 6.33. The second-order valence-corrected chi connectivity index (χ2v) is 5.54. The van der Waals surface area contributed by atoms with Gasteiger partial charge in [0.15, 0.2) is 0 Å². The second-order valence-electron chi connectivity index (χ2n) is 5.14. The number of benzene rings is 1. The molecule has 1 aliphatic heterocycles. The van der Waals surface area contributed by atoms with Crippen LogP contribution >= 0.6 is 11.6 Å². The van der Waals surface area contributed by atoms with Crippen molar-refractivity contribution in [3.63, 3.8) is 0 Å². The molecule has 7 heteroatoms. The average Bonchev–Trinajstić information content (AvgIpc) is 2.89. The van der Waals surface area contributed by atoms with Gasteiger partial charge in [-0.2, -0.15) is 0 Å². The van der Waals surface area contributed by atoms with E-state index in [1.807, 2.05) is 0 Å². The van der Waals surface area contributed by atoms with Gasteiger partial charge >= 0.3 is 0 Å². The van der Waals surface area contributed by atoms with E-state index in [9.17, 15) is 14.3 Å². The Kier molecular flexibility index (Phi) is 4.04. The van der Waals surface area contributed by atoms with Crippen molar-refractivity contribution in [2.24, 2.45) is 0 Å². The summed E-state index contributed by atoms with van der Waals surface area (Å²) in [6.45, 7) is 0.153. The molecule has 0 spiro atoms. The quantitative estimate of drug-likeness (QED) is 0.921. The molecular weight excluding hydrogens is 309 g/mol. The number of likely N-dealkylation sites (tertiary alicyclic amines) is 1. The lowest BCUT2D eigenvalue weighted by Gasteiger charge is -2.24. The minimum Gasteiger partial charge on any atom is -0.391 e. The molecule has 0 unspecified atom stereocenters. The minimum absolute atomic E-state index is 0.0761. The van der Waals surface area contributed by atoms with Gasteiger partial charge in [-0.15, -0.1) is 0 Å². The molecule has 1 aliphatic rings. The summed E-state index contributed by atoms with van der Waals surface area (Å²) in [5.41, 5.74) is 0.710.